The first kappa shape index (κ1) is 11.4. The highest BCUT2D eigenvalue weighted by atomic mass is 32.2. The molecule has 3 nitrogen and oxygen atoms in total. The Balaban J connectivity index is 2.08. The predicted octanol–water partition coefficient (Wildman–Crippen LogP) is 2.40. The third-order valence-corrected chi connectivity index (χ3v) is 4.97. The van der Waals surface area contributed by atoms with E-state index in [-0.39, 0.29) is 0 Å². The molecule has 0 unspecified atom stereocenters. The lowest BCUT2D eigenvalue weighted by Gasteiger charge is -2.15. The minimum Gasteiger partial charge on any atom is -0.207 e. The lowest BCUT2D eigenvalue weighted by molar-refractivity contribution is 0.488. The van der Waals surface area contributed by atoms with E-state index in [1.807, 2.05) is 42.5 Å². The molecular weight excluding hydrogens is 246 g/mol. The van der Waals surface area contributed by atoms with Gasteiger partial charge in [0.1, 0.15) is 0 Å². The maximum atomic E-state index is 12.4. The van der Waals surface area contributed by atoms with Crippen molar-refractivity contribution in [1.29, 1.82) is 0 Å². The predicted molar refractivity (Wildman–Crippen MR) is 71.8 cm³/mol. The number of rotatable bonds is 2. The third-order valence-electron chi connectivity index (χ3n) is 3.14. The summed E-state index contributed by atoms with van der Waals surface area (Å²) in [6, 6.07) is 13.0. The zero-order valence-corrected chi connectivity index (χ0v) is 10.6. The maximum absolute atomic E-state index is 12.4. The summed E-state index contributed by atoms with van der Waals surface area (Å²) in [6.07, 6.45) is 3.75. The van der Waals surface area contributed by atoms with Crippen molar-refractivity contribution in [1.82, 2.24) is 4.31 Å². The summed E-state index contributed by atoms with van der Waals surface area (Å²) in [6.45, 7) is 0.935. The molecule has 0 fully saturated rings. The van der Waals surface area contributed by atoms with Crippen LogP contribution in [0.4, 0.5) is 0 Å². The average molecular weight is 259 g/mol. The summed E-state index contributed by atoms with van der Waals surface area (Å²) in [5, 5.41) is 2.00. The van der Waals surface area contributed by atoms with Gasteiger partial charge < -0.3 is 0 Å². The Morgan fingerprint density at radius 1 is 0.889 bits per heavy atom. The number of fused-ring (bicyclic) bond motifs is 1. The molecule has 3 rings (SSSR count). The van der Waals surface area contributed by atoms with Crippen LogP contribution in [0.2, 0.25) is 0 Å². The Labute approximate surface area is 106 Å². The molecule has 0 spiro atoms. The van der Waals surface area contributed by atoms with Gasteiger partial charge in [0.2, 0.25) is 10.0 Å². The number of nitrogens with zero attached hydrogens (tertiary/aromatic N) is 1. The van der Waals surface area contributed by atoms with E-state index >= 15 is 0 Å². The standard InChI is InChI=1S/C14H13NO2S/c16-18(17,15-9-3-4-10-15)14-8-7-12-5-1-2-6-13(12)11-14/h1-8,11H,9-10H2. The summed E-state index contributed by atoms with van der Waals surface area (Å²) in [5.74, 6) is 0. The highest BCUT2D eigenvalue weighted by molar-refractivity contribution is 7.89. The Bertz CT molecular complexity index is 711. The van der Waals surface area contributed by atoms with Crippen LogP contribution in [-0.4, -0.2) is 25.8 Å². The van der Waals surface area contributed by atoms with E-state index < -0.39 is 10.0 Å². The molecule has 0 bridgehead atoms. The van der Waals surface area contributed by atoms with Gasteiger partial charge in [0.15, 0.2) is 0 Å². The van der Waals surface area contributed by atoms with Crippen molar-refractivity contribution in [2.45, 2.75) is 4.90 Å². The molecule has 1 aliphatic heterocycles. The van der Waals surface area contributed by atoms with Gasteiger partial charge in [-0.1, -0.05) is 42.5 Å². The molecule has 0 saturated heterocycles. The zero-order valence-electron chi connectivity index (χ0n) is 9.78. The van der Waals surface area contributed by atoms with Crippen molar-refractivity contribution < 1.29 is 8.42 Å². The molecule has 0 radical (unpaired) electrons. The molecule has 0 aliphatic carbocycles. The van der Waals surface area contributed by atoms with Gasteiger partial charge in [0, 0.05) is 13.1 Å². The quantitative estimate of drug-likeness (QED) is 0.777. The summed E-state index contributed by atoms with van der Waals surface area (Å²) >= 11 is 0. The van der Waals surface area contributed by atoms with Gasteiger partial charge in [-0.05, 0) is 22.9 Å². The summed E-state index contributed by atoms with van der Waals surface area (Å²) in [7, 11) is -3.36. The zero-order chi connectivity index (χ0) is 12.6. The first-order valence-corrected chi connectivity index (χ1v) is 7.26. The molecule has 2 aromatic rings. The van der Waals surface area contributed by atoms with Crippen LogP contribution in [0.25, 0.3) is 10.8 Å². The Morgan fingerprint density at radius 3 is 2.28 bits per heavy atom. The van der Waals surface area contributed by atoms with Gasteiger partial charge in [0.25, 0.3) is 0 Å². The smallest absolute Gasteiger partial charge is 0.207 e. The Kier molecular flexibility index (Phi) is 2.69. The summed E-state index contributed by atoms with van der Waals surface area (Å²) in [4.78, 5) is 0.366. The fourth-order valence-electron chi connectivity index (χ4n) is 2.13. The van der Waals surface area contributed by atoms with E-state index in [0.29, 0.717) is 18.0 Å². The minimum atomic E-state index is -3.36. The van der Waals surface area contributed by atoms with Crippen LogP contribution < -0.4 is 0 Å². The van der Waals surface area contributed by atoms with Gasteiger partial charge in [-0.3, -0.25) is 0 Å². The second-order valence-corrected chi connectivity index (χ2v) is 6.24. The fraction of sp³-hybridized carbons (Fsp3) is 0.143. The lowest BCUT2D eigenvalue weighted by atomic mass is 10.1. The molecule has 2 aromatic carbocycles. The van der Waals surface area contributed by atoms with E-state index in [0.717, 1.165) is 10.8 Å². The topological polar surface area (TPSA) is 37.4 Å². The first-order chi connectivity index (χ1) is 8.68. The van der Waals surface area contributed by atoms with Crippen LogP contribution in [0.5, 0.6) is 0 Å². The molecule has 0 N–H and O–H groups in total. The maximum Gasteiger partial charge on any atom is 0.243 e. The number of sulfonamides is 1. The average Bonchev–Trinajstić information content (AvgIpc) is 2.92. The minimum absolute atomic E-state index is 0.366. The van der Waals surface area contributed by atoms with Gasteiger partial charge in [-0.2, -0.15) is 4.31 Å². The fourth-order valence-corrected chi connectivity index (χ4v) is 3.51. The van der Waals surface area contributed by atoms with Crippen LogP contribution in [-0.2, 0) is 10.0 Å². The molecule has 18 heavy (non-hydrogen) atoms. The first-order valence-electron chi connectivity index (χ1n) is 5.82. The molecule has 4 heteroatoms. The highest BCUT2D eigenvalue weighted by Gasteiger charge is 2.24. The van der Waals surface area contributed by atoms with E-state index in [2.05, 4.69) is 0 Å². The number of hydrogen-bond donors (Lipinski definition) is 0. The summed E-state index contributed by atoms with van der Waals surface area (Å²) in [5.41, 5.74) is 0. The van der Waals surface area contributed by atoms with E-state index in [1.54, 1.807) is 12.1 Å². The van der Waals surface area contributed by atoms with Crippen LogP contribution >= 0.6 is 0 Å². The van der Waals surface area contributed by atoms with Crippen molar-refractivity contribution in [3.8, 4) is 0 Å². The van der Waals surface area contributed by atoms with Gasteiger partial charge in [-0.25, -0.2) is 8.42 Å². The van der Waals surface area contributed by atoms with E-state index in [1.165, 1.54) is 4.31 Å². The van der Waals surface area contributed by atoms with Crippen LogP contribution in [0, 0.1) is 0 Å². The number of benzene rings is 2. The van der Waals surface area contributed by atoms with Crippen LogP contribution in [0.1, 0.15) is 0 Å². The second kappa shape index (κ2) is 4.23. The van der Waals surface area contributed by atoms with Gasteiger partial charge in [-0.15, -0.1) is 0 Å². The monoisotopic (exact) mass is 259 g/mol. The van der Waals surface area contributed by atoms with Crippen molar-refractivity contribution in [3.05, 3.63) is 54.6 Å². The van der Waals surface area contributed by atoms with Crippen molar-refractivity contribution in [2.24, 2.45) is 0 Å². The largest absolute Gasteiger partial charge is 0.243 e. The summed E-state index contributed by atoms with van der Waals surface area (Å²) < 4.78 is 26.2. The molecule has 0 atom stereocenters. The second-order valence-electron chi connectivity index (χ2n) is 4.30. The highest BCUT2D eigenvalue weighted by Crippen LogP contribution is 2.22. The lowest BCUT2D eigenvalue weighted by Crippen LogP contribution is -2.28. The van der Waals surface area contributed by atoms with Crippen LogP contribution in [0.3, 0.4) is 0 Å². The Morgan fingerprint density at radius 2 is 1.56 bits per heavy atom. The molecule has 0 saturated carbocycles. The SMILES string of the molecule is O=S(=O)(c1ccc2ccccc2c1)N1CC=CC1. The molecule has 1 heterocycles. The van der Waals surface area contributed by atoms with E-state index in [9.17, 15) is 8.42 Å². The molecule has 0 amide bonds. The van der Waals surface area contributed by atoms with Gasteiger partial charge in [0.05, 0.1) is 4.90 Å². The molecule has 0 aromatic heterocycles. The van der Waals surface area contributed by atoms with Gasteiger partial charge >= 0.3 is 0 Å². The molecule has 92 valence electrons. The van der Waals surface area contributed by atoms with Crippen molar-refractivity contribution >= 4 is 20.8 Å². The van der Waals surface area contributed by atoms with Crippen LogP contribution in [0.15, 0.2) is 59.5 Å². The van der Waals surface area contributed by atoms with Crippen molar-refractivity contribution in [3.63, 3.8) is 0 Å². The number of hydrogen-bond acceptors (Lipinski definition) is 2. The van der Waals surface area contributed by atoms with E-state index in [4.69, 9.17) is 0 Å². The molecular formula is C14H13NO2S. The normalized spacial score (nSPS) is 16.4. The third kappa shape index (κ3) is 1.83. The van der Waals surface area contributed by atoms with Crippen molar-refractivity contribution in [2.75, 3.05) is 13.1 Å². The molecule has 1 aliphatic rings. The Hall–Kier alpha value is -1.65.